The Labute approximate surface area is 139 Å². The smallest absolute Gasteiger partial charge is 0.0513 e. The summed E-state index contributed by atoms with van der Waals surface area (Å²) in [6.45, 7) is 4.36. The number of aryl methyl sites for hydroxylation is 1. The van der Waals surface area contributed by atoms with E-state index in [1.807, 2.05) is 12.1 Å². The monoisotopic (exact) mass is 399 g/mol. The van der Waals surface area contributed by atoms with Crippen LogP contribution >= 0.6 is 34.2 Å². The number of anilines is 1. The van der Waals surface area contributed by atoms with Crippen molar-refractivity contribution in [2.24, 2.45) is 0 Å². The van der Waals surface area contributed by atoms with E-state index >= 15 is 0 Å². The SMILES string of the molecule is CCCC(Nc1ccc(I)cc1C)c1ccc(Cl)cc1. The van der Waals surface area contributed by atoms with E-state index in [0.29, 0.717) is 6.04 Å². The minimum absolute atomic E-state index is 0.330. The average molecular weight is 400 g/mol. The fraction of sp³-hybridized carbons (Fsp3) is 0.294. The number of nitrogens with one attached hydrogen (secondary N) is 1. The third kappa shape index (κ3) is 4.13. The Balaban J connectivity index is 2.22. The molecule has 0 bridgehead atoms. The zero-order valence-corrected chi connectivity index (χ0v) is 14.7. The van der Waals surface area contributed by atoms with E-state index in [0.717, 1.165) is 17.9 Å². The van der Waals surface area contributed by atoms with Gasteiger partial charge in [0.2, 0.25) is 0 Å². The molecule has 0 spiro atoms. The van der Waals surface area contributed by atoms with E-state index < -0.39 is 0 Å². The topological polar surface area (TPSA) is 12.0 Å². The second kappa shape index (κ2) is 7.32. The lowest BCUT2D eigenvalue weighted by Crippen LogP contribution is -2.11. The summed E-state index contributed by atoms with van der Waals surface area (Å²) in [5, 5.41) is 4.45. The Kier molecular flexibility index (Phi) is 5.73. The van der Waals surface area contributed by atoms with E-state index in [2.05, 4.69) is 72.1 Å². The van der Waals surface area contributed by atoms with Gasteiger partial charge in [-0.25, -0.2) is 0 Å². The lowest BCUT2D eigenvalue weighted by Gasteiger charge is -2.21. The quantitative estimate of drug-likeness (QED) is 0.590. The molecule has 0 radical (unpaired) electrons. The van der Waals surface area contributed by atoms with Crippen molar-refractivity contribution < 1.29 is 0 Å². The first kappa shape index (κ1) is 15.6. The molecule has 0 aliphatic heterocycles. The van der Waals surface area contributed by atoms with E-state index in [1.165, 1.54) is 20.4 Å². The third-order valence-electron chi connectivity index (χ3n) is 3.37. The van der Waals surface area contributed by atoms with Crippen LogP contribution < -0.4 is 5.32 Å². The molecule has 0 heterocycles. The summed E-state index contributed by atoms with van der Waals surface area (Å²) in [7, 11) is 0. The van der Waals surface area contributed by atoms with Crippen LogP contribution in [0.5, 0.6) is 0 Å². The Morgan fingerprint density at radius 2 is 1.85 bits per heavy atom. The molecule has 0 saturated heterocycles. The van der Waals surface area contributed by atoms with Crippen LogP contribution in [0.1, 0.15) is 36.9 Å². The standard InChI is InChI=1S/C17H19ClIN/c1-3-4-17(13-5-7-14(18)8-6-13)20-16-10-9-15(19)11-12(16)2/h5-11,17,20H,3-4H2,1-2H3. The van der Waals surface area contributed by atoms with Crippen LogP contribution in [0.25, 0.3) is 0 Å². The van der Waals surface area contributed by atoms with Gasteiger partial charge in [-0.05, 0) is 77.4 Å². The van der Waals surface area contributed by atoms with E-state index in [1.54, 1.807) is 0 Å². The molecule has 2 aromatic carbocycles. The number of hydrogen-bond acceptors (Lipinski definition) is 1. The van der Waals surface area contributed by atoms with Crippen molar-refractivity contribution in [1.29, 1.82) is 0 Å². The molecule has 3 heteroatoms. The normalized spacial score (nSPS) is 12.2. The van der Waals surface area contributed by atoms with Gasteiger partial charge in [0, 0.05) is 14.3 Å². The Morgan fingerprint density at radius 3 is 2.45 bits per heavy atom. The molecular formula is C17H19ClIN. The molecule has 1 unspecified atom stereocenters. The van der Waals surface area contributed by atoms with Gasteiger partial charge in [-0.3, -0.25) is 0 Å². The maximum absolute atomic E-state index is 5.98. The highest BCUT2D eigenvalue weighted by Crippen LogP contribution is 2.27. The number of halogens is 2. The molecule has 0 amide bonds. The number of rotatable bonds is 5. The fourth-order valence-corrected chi connectivity index (χ4v) is 3.06. The summed E-state index contributed by atoms with van der Waals surface area (Å²) < 4.78 is 1.27. The van der Waals surface area contributed by atoms with Gasteiger partial charge in [0.15, 0.2) is 0 Å². The van der Waals surface area contributed by atoms with Crippen LogP contribution in [-0.2, 0) is 0 Å². The van der Waals surface area contributed by atoms with E-state index in [-0.39, 0.29) is 0 Å². The van der Waals surface area contributed by atoms with Gasteiger partial charge < -0.3 is 5.32 Å². The van der Waals surface area contributed by atoms with Crippen molar-refractivity contribution >= 4 is 39.9 Å². The summed E-state index contributed by atoms with van der Waals surface area (Å²) in [4.78, 5) is 0. The predicted molar refractivity (Wildman–Crippen MR) is 96.6 cm³/mol. The van der Waals surface area contributed by atoms with Crippen molar-refractivity contribution in [1.82, 2.24) is 0 Å². The van der Waals surface area contributed by atoms with Crippen molar-refractivity contribution in [3.05, 3.63) is 62.2 Å². The maximum atomic E-state index is 5.98. The molecule has 0 fully saturated rings. The van der Waals surface area contributed by atoms with Gasteiger partial charge in [0.05, 0.1) is 6.04 Å². The molecule has 0 aliphatic carbocycles. The Morgan fingerprint density at radius 1 is 1.15 bits per heavy atom. The van der Waals surface area contributed by atoms with Gasteiger partial charge in [-0.15, -0.1) is 0 Å². The molecule has 2 rings (SSSR count). The van der Waals surface area contributed by atoms with Crippen LogP contribution in [0, 0.1) is 10.5 Å². The summed E-state index contributed by atoms with van der Waals surface area (Å²) in [5.74, 6) is 0. The summed E-state index contributed by atoms with van der Waals surface area (Å²) in [6, 6.07) is 15.0. The number of hydrogen-bond donors (Lipinski definition) is 1. The lowest BCUT2D eigenvalue weighted by molar-refractivity contribution is 0.677. The Hall–Kier alpha value is -0.740. The first-order valence-corrected chi connectivity index (χ1v) is 8.34. The molecule has 0 aliphatic rings. The van der Waals surface area contributed by atoms with Gasteiger partial charge in [0.25, 0.3) is 0 Å². The van der Waals surface area contributed by atoms with Gasteiger partial charge in [-0.2, -0.15) is 0 Å². The first-order chi connectivity index (χ1) is 9.60. The van der Waals surface area contributed by atoms with Crippen LogP contribution in [-0.4, -0.2) is 0 Å². The summed E-state index contributed by atoms with van der Waals surface area (Å²) in [6.07, 6.45) is 2.25. The average Bonchev–Trinajstić information content (AvgIpc) is 2.42. The second-order valence-corrected chi connectivity index (χ2v) is 6.68. The summed E-state index contributed by atoms with van der Waals surface area (Å²) in [5.41, 5.74) is 3.78. The Bertz CT molecular complexity index is 566. The van der Waals surface area contributed by atoms with Crippen LogP contribution in [0.2, 0.25) is 5.02 Å². The van der Waals surface area contributed by atoms with Gasteiger partial charge >= 0.3 is 0 Å². The van der Waals surface area contributed by atoms with E-state index in [4.69, 9.17) is 11.6 Å². The molecular weight excluding hydrogens is 381 g/mol. The lowest BCUT2D eigenvalue weighted by atomic mass is 10.0. The van der Waals surface area contributed by atoms with Crippen molar-refractivity contribution in [3.8, 4) is 0 Å². The van der Waals surface area contributed by atoms with Crippen molar-refractivity contribution in [2.45, 2.75) is 32.7 Å². The van der Waals surface area contributed by atoms with Crippen molar-refractivity contribution in [3.63, 3.8) is 0 Å². The zero-order valence-electron chi connectivity index (χ0n) is 11.8. The molecule has 0 aromatic heterocycles. The van der Waals surface area contributed by atoms with E-state index in [9.17, 15) is 0 Å². The third-order valence-corrected chi connectivity index (χ3v) is 4.29. The predicted octanol–water partition coefficient (Wildman–Crippen LogP) is 6.21. The molecule has 1 nitrogen and oxygen atoms in total. The second-order valence-electron chi connectivity index (χ2n) is 5.00. The van der Waals surface area contributed by atoms with Crippen molar-refractivity contribution in [2.75, 3.05) is 5.32 Å². The highest BCUT2D eigenvalue weighted by molar-refractivity contribution is 14.1. The van der Waals surface area contributed by atoms with Crippen LogP contribution in [0.4, 0.5) is 5.69 Å². The molecule has 2 aromatic rings. The van der Waals surface area contributed by atoms with Gasteiger partial charge in [-0.1, -0.05) is 37.1 Å². The van der Waals surface area contributed by atoms with Crippen LogP contribution in [0.15, 0.2) is 42.5 Å². The summed E-state index contributed by atoms with van der Waals surface area (Å²) >= 11 is 8.32. The molecule has 106 valence electrons. The minimum atomic E-state index is 0.330. The largest absolute Gasteiger partial charge is 0.378 e. The fourth-order valence-electron chi connectivity index (χ4n) is 2.28. The molecule has 20 heavy (non-hydrogen) atoms. The zero-order chi connectivity index (χ0) is 14.5. The molecule has 1 N–H and O–H groups in total. The van der Waals surface area contributed by atoms with Gasteiger partial charge in [0.1, 0.15) is 0 Å². The minimum Gasteiger partial charge on any atom is -0.378 e. The molecule has 0 saturated carbocycles. The maximum Gasteiger partial charge on any atom is 0.0513 e. The first-order valence-electron chi connectivity index (χ1n) is 6.88. The number of benzene rings is 2. The molecule has 1 atom stereocenters. The highest BCUT2D eigenvalue weighted by atomic mass is 127. The highest BCUT2D eigenvalue weighted by Gasteiger charge is 2.11. The van der Waals surface area contributed by atoms with Crippen LogP contribution in [0.3, 0.4) is 0 Å².